The van der Waals surface area contributed by atoms with E-state index in [0.29, 0.717) is 26.2 Å². The van der Waals surface area contributed by atoms with Crippen molar-refractivity contribution in [3.05, 3.63) is 0 Å². The van der Waals surface area contributed by atoms with Crippen LogP contribution in [0.2, 0.25) is 0 Å². The minimum atomic E-state index is -5.88. The van der Waals surface area contributed by atoms with Crippen LogP contribution >= 0.6 is 0 Å². The van der Waals surface area contributed by atoms with Gasteiger partial charge in [-0.05, 0) is 25.7 Å². The zero-order chi connectivity index (χ0) is 25.2. The summed E-state index contributed by atoms with van der Waals surface area (Å²) in [5.74, 6) is -14.2. The molecule has 13 heteroatoms. The lowest BCUT2D eigenvalue weighted by atomic mass is 9.77. The number of halogens is 7. The Hall–Kier alpha value is -1.63. The molecule has 2 fully saturated rings. The summed E-state index contributed by atoms with van der Waals surface area (Å²) in [5, 5.41) is 0. The van der Waals surface area contributed by atoms with Gasteiger partial charge in [-0.15, -0.1) is 0 Å². The van der Waals surface area contributed by atoms with Crippen molar-refractivity contribution in [1.29, 1.82) is 0 Å². The van der Waals surface area contributed by atoms with E-state index >= 15 is 0 Å². The predicted octanol–water partition coefficient (Wildman–Crippen LogP) is 4.64. The normalized spacial score (nSPS) is 29.2. The fourth-order valence-corrected chi connectivity index (χ4v) is 4.01. The van der Waals surface area contributed by atoms with Crippen LogP contribution in [0.25, 0.3) is 0 Å². The van der Waals surface area contributed by atoms with Crippen molar-refractivity contribution in [2.24, 2.45) is 11.8 Å². The molecule has 0 spiro atoms. The van der Waals surface area contributed by atoms with E-state index in [4.69, 9.17) is 14.2 Å². The van der Waals surface area contributed by atoms with Crippen LogP contribution in [0.3, 0.4) is 0 Å². The van der Waals surface area contributed by atoms with Gasteiger partial charge in [0, 0.05) is 18.8 Å². The lowest BCUT2D eigenvalue weighted by Gasteiger charge is -2.43. The number of alkyl halides is 7. The van der Waals surface area contributed by atoms with Crippen LogP contribution in [-0.2, 0) is 28.5 Å². The molecule has 192 valence electrons. The molecule has 1 aliphatic carbocycles. The Morgan fingerprint density at radius 3 is 2.27 bits per heavy atom. The number of hydrogen-bond acceptors (Lipinski definition) is 6. The van der Waals surface area contributed by atoms with Gasteiger partial charge in [-0.25, -0.2) is 4.79 Å². The van der Waals surface area contributed by atoms with Crippen molar-refractivity contribution in [1.82, 2.24) is 0 Å². The molecule has 1 aliphatic heterocycles. The highest BCUT2D eigenvalue weighted by molar-refractivity contribution is 5.77. The quantitative estimate of drug-likeness (QED) is 0.360. The van der Waals surface area contributed by atoms with Crippen LogP contribution in [-0.4, -0.2) is 61.2 Å². The Morgan fingerprint density at radius 2 is 1.73 bits per heavy atom. The van der Waals surface area contributed by atoms with E-state index in [-0.39, 0.29) is 24.9 Å². The molecule has 2 aliphatic rings. The van der Waals surface area contributed by atoms with Gasteiger partial charge in [0.15, 0.2) is 5.79 Å². The fourth-order valence-electron chi connectivity index (χ4n) is 4.01. The maximum absolute atomic E-state index is 13.2. The third-order valence-corrected chi connectivity index (χ3v) is 5.69. The van der Waals surface area contributed by atoms with Gasteiger partial charge in [0.1, 0.15) is 25.2 Å². The summed E-state index contributed by atoms with van der Waals surface area (Å²) in [5.41, 5.74) is 0. The van der Waals surface area contributed by atoms with Gasteiger partial charge >= 0.3 is 30.0 Å². The van der Waals surface area contributed by atoms with E-state index < -0.39 is 61.0 Å². The zero-order valence-corrected chi connectivity index (χ0v) is 18.4. The van der Waals surface area contributed by atoms with Gasteiger partial charge in [0.2, 0.25) is 0 Å². The standard InChI is InChI=1S/C20H27F7O6/c1-11(2)19(12-5-4-6-13(7-12)32-16(29)17(3,21)22)31-10-14(33-19)9-30-15(28)8-18(23,24)20(25,26)27/h11-14H,4-10H2,1-3H3. The molecule has 33 heavy (non-hydrogen) atoms. The van der Waals surface area contributed by atoms with Crippen molar-refractivity contribution >= 4 is 11.9 Å². The molecule has 0 aromatic rings. The molecule has 0 aromatic carbocycles. The molecule has 4 unspecified atom stereocenters. The van der Waals surface area contributed by atoms with Gasteiger partial charge in [0.25, 0.3) is 0 Å². The lowest BCUT2D eigenvalue weighted by Crippen LogP contribution is -2.48. The highest BCUT2D eigenvalue weighted by Gasteiger charge is 2.59. The van der Waals surface area contributed by atoms with E-state index in [1.54, 1.807) is 13.8 Å². The number of ether oxygens (including phenoxy) is 4. The second-order valence-corrected chi connectivity index (χ2v) is 8.77. The average molecular weight is 496 g/mol. The van der Waals surface area contributed by atoms with Gasteiger partial charge < -0.3 is 18.9 Å². The van der Waals surface area contributed by atoms with Crippen molar-refractivity contribution in [3.8, 4) is 0 Å². The Labute approximate surface area is 186 Å². The topological polar surface area (TPSA) is 71.1 Å². The van der Waals surface area contributed by atoms with Crippen LogP contribution in [0.1, 0.15) is 52.9 Å². The number of carbonyl (C=O) groups excluding carboxylic acids is 2. The summed E-state index contributed by atoms with van der Waals surface area (Å²) in [6, 6.07) is 0. The van der Waals surface area contributed by atoms with Gasteiger partial charge in [-0.3, -0.25) is 4.79 Å². The molecule has 2 rings (SSSR count). The Kier molecular flexibility index (Phi) is 8.31. The Balaban J connectivity index is 1.97. The first kappa shape index (κ1) is 27.6. The number of carbonyl (C=O) groups is 2. The van der Waals surface area contributed by atoms with Gasteiger partial charge in [-0.2, -0.15) is 30.7 Å². The molecule has 0 bridgehead atoms. The first-order valence-corrected chi connectivity index (χ1v) is 10.5. The number of hydrogen-bond donors (Lipinski definition) is 0. The minimum Gasteiger partial charge on any atom is -0.463 e. The van der Waals surface area contributed by atoms with Gasteiger partial charge in [0.05, 0.1) is 6.61 Å². The molecule has 0 amide bonds. The third-order valence-electron chi connectivity index (χ3n) is 5.69. The first-order valence-electron chi connectivity index (χ1n) is 10.5. The molecule has 0 aromatic heterocycles. The van der Waals surface area contributed by atoms with E-state index in [0.717, 1.165) is 0 Å². The van der Waals surface area contributed by atoms with E-state index in [2.05, 4.69) is 4.74 Å². The van der Waals surface area contributed by atoms with Crippen LogP contribution in [0.5, 0.6) is 0 Å². The van der Waals surface area contributed by atoms with Crippen LogP contribution in [0.15, 0.2) is 0 Å². The molecule has 1 heterocycles. The average Bonchev–Trinajstić information content (AvgIpc) is 3.10. The maximum atomic E-state index is 13.2. The highest BCUT2D eigenvalue weighted by Crippen LogP contribution is 2.45. The maximum Gasteiger partial charge on any atom is 0.453 e. The SMILES string of the molecule is CC(C)C1(C2CCCC(OC(=O)C(C)(F)F)C2)OCC(COC(=O)CC(F)(F)C(F)(F)F)O1. The summed E-state index contributed by atoms with van der Waals surface area (Å²) in [7, 11) is 0. The van der Waals surface area contributed by atoms with Crippen LogP contribution < -0.4 is 0 Å². The largest absolute Gasteiger partial charge is 0.463 e. The molecular formula is C20H27F7O6. The smallest absolute Gasteiger partial charge is 0.453 e. The predicted molar refractivity (Wildman–Crippen MR) is 97.4 cm³/mol. The highest BCUT2D eigenvalue weighted by atomic mass is 19.4. The summed E-state index contributed by atoms with van der Waals surface area (Å²) < 4.78 is 110. The summed E-state index contributed by atoms with van der Waals surface area (Å²) in [6.45, 7) is 3.22. The molecule has 4 atom stereocenters. The zero-order valence-electron chi connectivity index (χ0n) is 18.4. The number of rotatable bonds is 8. The minimum absolute atomic E-state index is 0.130. The van der Waals surface area contributed by atoms with Gasteiger partial charge in [-0.1, -0.05) is 13.8 Å². The molecular weight excluding hydrogens is 469 g/mol. The molecule has 0 radical (unpaired) electrons. The van der Waals surface area contributed by atoms with Crippen LogP contribution in [0.4, 0.5) is 30.7 Å². The van der Waals surface area contributed by atoms with E-state index in [9.17, 15) is 40.3 Å². The van der Waals surface area contributed by atoms with Crippen LogP contribution in [0, 0.1) is 11.8 Å². The molecule has 1 saturated heterocycles. The Bertz CT molecular complexity index is 706. The van der Waals surface area contributed by atoms with Crippen molar-refractivity contribution in [2.45, 2.75) is 88.9 Å². The second kappa shape index (κ2) is 9.93. The first-order chi connectivity index (χ1) is 15.0. The fraction of sp³-hybridized carbons (Fsp3) is 0.900. The van der Waals surface area contributed by atoms with E-state index in [1.165, 1.54) is 0 Å². The Morgan fingerprint density at radius 1 is 1.09 bits per heavy atom. The lowest BCUT2D eigenvalue weighted by molar-refractivity contribution is -0.284. The molecule has 6 nitrogen and oxygen atoms in total. The van der Waals surface area contributed by atoms with Crippen molar-refractivity contribution in [2.75, 3.05) is 13.2 Å². The van der Waals surface area contributed by atoms with E-state index in [1.807, 2.05) is 0 Å². The summed E-state index contributed by atoms with van der Waals surface area (Å²) in [6.07, 6.45) is -8.12. The second-order valence-electron chi connectivity index (χ2n) is 8.77. The third kappa shape index (κ3) is 6.71. The molecule has 0 N–H and O–H groups in total. The van der Waals surface area contributed by atoms with Crippen molar-refractivity contribution < 1.29 is 59.3 Å². The monoisotopic (exact) mass is 496 g/mol. The number of esters is 2. The summed E-state index contributed by atoms with van der Waals surface area (Å²) >= 11 is 0. The molecule has 1 saturated carbocycles. The van der Waals surface area contributed by atoms with Crippen molar-refractivity contribution in [3.63, 3.8) is 0 Å². The summed E-state index contributed by atoms with van der Waals surface area (Å²) in [4.78, 5) is 23.0.